The predicted molar refractivity (Wildman–Crippen MR) is 56.8 cm³/mol. The Balaban J connectivity index is 1.76. The number of fused-ring (bicyclic) bond motifs is 1. The lowest BCUT2D eigenvalue weighted by Gasteiger charge is -2.34. The molecule has 1 aromatic rings. The number of carbonyl (C=O) groups excluding carboxylic acids is 1. The van der Waals surface area contributed by atoms with Crippen molar-refractivity contribution in [3.63, 3.8) is 0 Å². The lowest BCUT2D eigenvalue weighted by Crippen LogP contribution is -2.53. The Kier molecular flexibility index (Phi) is 2.73. The first-order valence-electron chi connectivity index (χ1n) is 5.95. The molecule has 9 heteroatoms. The predicted octanol–water partition coefficient (Wildman–Crippen LogP) is -0.141. The van der Waals surface area contributed by atoms with Gasteiger partial charge in [-0.3, -0.25) is 4.79 Å². The number of hydrogen-bond donors (Lipinski definition) is 1. The molecule has 0 saturated carbocycles. The highest BCUT2D eigenvalue weighted by atomic mass is 19.4. The molecule has 0 radical (unpaired) electrons. The summed E-state index contributed by atoms with van der Waals surface area (Å²) in [5.41, 5.74) is 0. The van der Waals surface area contributed by atoms with Crippen LogP contribution in [0.2, 0.25) is 0 Å². The molecule has 1 amide bonds. The Bertz CT molecular complexity index is 508. The molecule has 6 nitrogen and oxygen atoms in total. The Morgan fingerprint density at radius 3 is 2.63 bits per heavy atom. The summed E-state index contributed by atoms with van der Waals surface area (Å²) in [7, 11) is 0. The van der Waals surface area contributed by atoms with Crippen molar-refractivity contribution in [2.75, 3.05) is 19.6 Å². The number of aromatic nitrogens is 3. The van der Waals surface area contributed by atoms with Crippen LogP contribution in [-0.4, -0.2) is 45.2 Å². The van der Waals surface area contributed by atoms with Crippen molar-refractivity contribution in [3.8, 4) is 0 Å². The van der Waals surface area contributed by atoms with Gasteiger partial charge < -0.3 is 10.2 Å². The summed E-state index contributed by atoms with van der Waals surface area (Å²) in [6.45, 7) is 2.00. The van der Waals surface area contributed by atoms with Crippen LogP contribution in [-0.2, 0) is 24.1 Å². The zero-order valence-electron chi connectivity index (χ0n) is 9.94. The van der Waals surface area contributed by atoms with E-state index in [1.165, 1.54) is 4.68 Å². The van der Waals surface area contributed by atoms with Crippen LogP contribution < -0.4 is 5.32 Å². The molecule has 2 aliphatic rings. The van der Waals surface area contributed by atoms with Crippen LogP contribution in [0.4, 0.5) is 13.2 Å². The smallest absolute Gasteiger partial charge is 0.333 e. The van der Waals surface area contributed by atoms with Crippen molar-refractivity contribution >= 4 is 5.91 Å². The van der Waals surface area contributed by atoms with Gasteiger partial charge in [-0.2, -0.15) is 13.2 Å². The summed E-state index contributed by atoms with van der Waals surface area (Å²) in [5, 5.41) is 6.42. The first-order chi connectivity index (χ1) is 8.95. The Hall–Kier alpha value is -1.64. The van der Waals surface area contributed by atoms with E-state index in [2.05, 4.69) is 15.4 Å². The third-order valence-corrected chi connectivity index (χ3v) is 3.36. The van der Waals surface area contributed by atoms with Crippen LogP contribution in [0.5, 0.6) is 0 Å². The van der Waals surface area contributed by atoms with Crippen molar-refractivity contribution in [2.24, 2.45) is 5.92 Å². The van der Waals surface area contributed by atoms with Gasteiger partial charge in [0.25, 0.3) is 5.82 Å². The molecule has 0 unspecified atom stereocenters. The summed E-state index contributed by atoms with van der Waals surface area (Å²) in [6, 6.07) is 0. The maximum Gasteiger partial charge on any atom is 0.453 e. The first kappa shape index (κ1) is 12.4. The van der Waals surface area contributed by atoms with Gasteiger partial charge in [0.1, 0.15) is 5.82 Å². The van der Waals surface area contributed by atoms with Crippen LogP contribution >= 0.6 is 0 Å². The number of hydrogen-bond acceptors (Lipinski definition) is 4. The van der Waals surface area contributed by atoms with Crippen molar-refractivity contribution in [1.82, 2.24) is 25.0 Å². The van der Waals surface area contributed by atoms with Crippen LogP contribution in [0.1, 0.15) is 11.6 Å². The normalized spacial score (nSPS) is 20.1. The number of carbonyl (C=O) groups is 1. The van der Waals surface area contributed by atoms with E-state index in [1.54, 1.807) is 4.90 Å². The molecule has 1 aromatic heterocycles. The van der Waals surface area contributed by atoms with Gasteiger partial charge in [-0.15, -0.1) is 5.10 Å². The first-order valence-corrected chi connectivity index (χ1v) is 5.95. The topological polar surface area (TPSA) is 63.1 Å². The van der Waals surface area contributed by atoms with Crippen LogP contribution in [0, 0.1) is 5.92 Å². The van der Waals surface area contributed by atoms with E-state index < -0.39 is 12.0 Å². The van der Waals surface area contributed by atoms with Crippen LogP contribution in [0.3, 0.4) is 0 Å². The van der Waals surface area contributed by atoms with E-state index in [4.69, 9.17) is 0 Å². The van der Waals surface area contributed by atoms with Gasteiger partial charge in [0.2, 0.25) is 5.91 Å². The number of amides is 1. The average molecular weight is 275 g/mol. The lowest BCUT2D eigenvalue weighted by atomic mass is 10.0. The van der Waals surface area contributed by atoms with Gasteiger partial charge in [0.15, 0.2) is 0 Å². The SMILES string of the molecule is O=C(C1CNC1)N1CCn2nc(C(F)(F)F)nc2C1. The monoisotopic (exact) mass is 275 g/mol. The summed E-state index contributed by atoms with van der Waals surface area (Å²) < 4.78 is 38.7. The van der Waals surface area contributed by atoms with Crippen molar-refractivity contribution in [2.45, 2.75) is 19.3 Å². The number of nitrogens with one attached hydrogen (secondary N) is 1. The fourth-order valence-electron chi connectivity index (χ4n) is 2.17. The molecule has 19 heavy (non-hydrogen) atoms. The molecule has 0 atom stereocenters. The molecule has 0 aliphatic carbocycles. The second-order valence-corrected chi connectivity index (χ2v) is 4.69. The molecule has 0 bridgehead atoms. The van der Waals surface area contributed by atoms with Gasteiger partial charge in [-0.25, -0.2) is 9.67 Å². The Morgan fingerprint density at radius 1 is 1.32 bits per heavy atom. The van der Waals surface area contributed by atoms with Gasteiger partial charge in [-0.05, 0) is 0 Å². The number of rotatable bonds is 1. The van der Waals surface area contributed by atoms with Crippen molar-refractivity contribution < 1.29 is 18.0 Å². The van der Waals surface area contributed by atoms with Gasteiger partial charge in [0.05, 0.1) is 19.0 Å². The fraction of sp³-hybridized carbons (Fsp3) is 0.700. The number of halogens is 3. The van der Waals surface area contributed by atoms with E-state index in [-0.39, 0.29) is 30.7 Å². The molecule has 1 N–H and O–H groups in total. The van der Waals surface area contributed by atoms with Crippen molar-refractivity contribution in [3.05, 3.63) is 11.6 Å². The second-order valence-electron chi connectivity index (χ2n) is 4.69. The molecule has 0 aromatic carbocycles. The zero-order valence-corrected chi connectivity index (χ0v) is 9.94. The molecule has 3 heterocycles. The molecule has 1 saturated heterocycles. The minimum absolute atomic E-state index is 0.0263. The van der Waals surface area contributed by atoms with E-state index in [0.717, 1.165) is 0 Å². The van der Waals surface area contributed by atoms with Gasteiger partial charge in [-0.1, -0.05) is 0 Å². The summed E-state index contributed by atoms with van der Waals surface area (Å²) in [4.78, 5) is 17.0. The number of nitrogens with zero attached hydrogens (tertiary/aromatic N) is 4. The fourth-order valence-corrected chi connectivity index (χ4v) is 2.17. The van der Waals surface area contributed by atoms with E-state index >= 15 is 0 Å². The maximum absolute atomic E-state index is 12.5. The van der Waals surface area contributed by atoms with Gasteiger partial charge >= 0.3 is 6.18 Å². The quantitative estimate of drug-likeness (QED) is 0.775. The lowest BCUT2D eigenvalue weighted by molar-refractivity contribution is -0.145. The van der Waals surface area contributed by atoms with Crippen LogP contribution in [0.25, 0.3) is 0 Å². The highest BCUT2D eigenvalue weighted by molar-refractivity contribution is 5.80. The molecular weight excluding hydrogens is 263 g/mol. The highest BCUT2D eigenvalue weighted by Gasteiger charge is 2.39. The maximum atomic E-state index is 12.5. The van der Waals surface area contributed by atoms with Gasteiger partial charge in [0, 0.05) is 19.6 Å². The Labute approximate surface area is 106 Å². The second kappa shape index (κ2) is 4.19. The molecule has 2 aliphatic heterocycles. The van der Waals surface area contributed by atoms with E-state index in [9.17, 15) is 18.0 Å². The highest BCUT2D eigenvalue weighted by Crippen LogP contribution is 2.27. The molecule has 0 spiro atoms. The Morgan fingerprint density at radius 2 is 2.05 bits per heavy atom. The molecule has 3 rings (SSSR count). The average Bonchev–Trinajstić information content (AvgIpc) is 2.68. The standard InChI is InChI=1S/C10H12F3N5O/c11-10(12,13)9-15-7-5-17(1-2-18(7)16-9)8(19)6-3-14-4-6/h6,14H,1-5H2. The minimum Gasteiger partial charge on any atom is -0.333 e. The number of alkyl halides is 3. The third kappa shape index (κ3) is 2.18. The minimum atomic E-state index is -4.54. The molecule has 1 fully saturated rings. The largest absolute Gasteiger partial charge is 0.453 e. The summed E-state index contributed by atoms with van der Waals surface area (Å²) in [6.07, 6.45) is -4.54. The summed E-state index contributed by atoms with van der Waals surface area (Å²) >= 11 is 0. The third-order valence-electron chi connectivity index (χ3n) is 3.36. The zero-order chi connectivity index (χ0) is 13.6. The molecular formula is C10H12F3N5O. The summed E-state index contributed by atoms with van der Waals surface area (Å²) in [5.74, 6) is -1.03. The molecule has 104 valence electrons. The van der Waals surface area contributed by atoms with Crippen LogP contribution in [0.15, 0.2) is 0 Å². The van der Waals surface area contributed by atoms with E-state index in [1.807, 2.05) is 0 Å². The van der Waals surface area contributed by atoms with E-state index in [0.29, 0.717) is 19.6 Å². The van der Waals surface area contributed by atoms with Crippen molar-refractivity contribution in [1.29, 1.82) is 0 Å².